The fraction of sp³-hybridized carbons (Fsp3) is 0.571. The van der Waals surface area contributed by atoms with Gasteiger partial charge in [0.25, 0.3) is 0 Å². The molecule has 0 fully saturated rings. The molecule has 3 rings (SSSR count). The molecule has 0 aliphatic carbocycles. The quantitative estimate of drug-likeness (QED) is 0.832. The van der Waals surface area contributed by atoms with E-state index < -0.39 is 0 Å². The summed E-state index contributed by atoms with van der Waals surface area (Å²) in [7, 11) is 0. The second-order valence-electron chi connectivity index (χ2n) is 4.88. The Balaban J connectivity index is 1.95. The van der Waals surface area contributed by atoms with Crippen LogP contribution in [0.3, 0.4) is 0 Å². The molecule has 1 N–H and O–H groups in total. The van der Waals surface area contributed by atoms with Crippen molar-refractivity contribution >= 4 is 5.69 Å². The molecule has 0 aromatic heterocycles. The molecule has 0 atom stereocenters. The highest BCUT2D eigenvalue weighted by Gasteiger charge is 2.25. The summed E-state index contributed by atoms with van der Waals surface area (Å²) < 4.78 is 0. The highest BCUT2D eigenvalue weighted by molar-refractivity contribution is 5.65. The van der Waals surface area contributed by atoms with Gasteiger partial charge in [0.05, 0.1) is 0 Å². The Morgan fingerprint density at radius 3 is 2.81 bits per heavy atom. The van der Waals surface area contributed by atoms with Crippen molar-refractivity contribution in [3.05, 3.63) is 28.8 Å². The number of nitrogens with one attached hydrogen (secondary N) is 1. The summed E-state index contributed by atoms with van der Waals surface area (Å²) in [6.07, 6.45) is 3.86. The molecular formula is C14H20N2. The summed E-state index contributed by atoms with van der Waals surface area (Å²) in [5.74, 6) is 0. The molecule has 1 aromatic carbocycles. The zero-order chi connectivity index (χ0) is 11.0. The average molecular weight is 216 g/mol. The van der Waals surface area contributed by atoms with Gasteiger partial charge < -0.3 is 10.2 Å². The maximum absolute atomic E-state index is 3.42. The molecule has 16 heavy (non-hydrogen) atoms. The van der Waals surface area contributed by atoms with Crippen molar-refractivity contribution in [2.45, 2.75) is 32.7 Å². The topological polar surface area (TPSA) is 15.3 Å². The van der Waals surface area contributed by atoms with Crippen molar-refractivity contribution in [2.24, 2.45) is 0 Å². The van der Waals surface area contributed by atoms with Crippen LogP contribution in [0.1, 0.15) is 30.0 Å². The van der Waals surface area contributed by atoms with Crippen LogP contribution in [0.2, 0.25) is 0 Å². The minimum absolute atomic E-state index is 1.02. The minimum atomic E-state index is 1.02. The number of nitrogens with zero attached hydrogens (tertiary/aromatic N) is 1. The first-order valence-electron chi connectivity index (χ1n) is 6.49. The lowest BCUT2D eigenvalue weighted by molar-refractivity contribution is 0.711. The Bertz CT molecular complexity index is 398. The molecule has 2 heterocycles. The standard InChI is InChI=1S/C14H20N2/c1-2-15-10-11-8-12-4-3-6-16-7-5-13(9-11)14(12)16/h8-9,15H,2-7,10H2,1H3. The Hall–Kier alpha value is -1.02. The second-order valence-corrected chi connectivity index (χ2v) is 4.88. The predicted molar refractivity (Wildman–Crippen MR) is 68.1 cm³/mol. The molecule has 2 nitrogen and oxygen atoms in total. The van der Waals surface area contributed by atoms with Crippen LogP contribution < -0.4 is 10.2 Å². The number of hydrogen-bond acceptors (Lipinski definition) is 2. The fourth-order valence-corrected chi connectivity index (χ4v) is 3.04. The third kappa shape index (κ3) is 1.61. The molecule has 2 aliphatic rings. The Labute approximate surface area is 97.6 Å². The predicted octanol–water partition coefficient (Wildman–Crippen LogP) is 2.10. The number of benzene rings is 1. The van der Waals surface area contributed by atoms with Crippen LogP contribution in [-0.4, -0.2) is 19.6 Å². The molecule has 0 radical (unpaired) electrons. The molecule has 0 amide bonds. The maximum Gasteiger partial charge on any atom is 0.0432 e. The molecule has 1 aromatic rings. The van der Waals surface area contributed by atoms with Crippen LogP contribution in [0, 0.1) is 0 Å². The molecule has 0 unspecified atom stereocenters. The first-order chi connectivity index (χ1) is 7.88. The zero-order valence-corrected chi connectivity index (χ0v) is 10.1. The SMILES string of the molecule is CCNCc1cc2c3c(c1)CCN3CCC2. The van der Waals surface area contributed by atoms with Gasteiger partial charge in [0.15, 0.2) is 0 Å². The normalized spacial score (nSPS) is 17.7. The molecule has 2 heteroatoms. The van der Waals surface area contributed by atoms with E-state index in [1.165, 1.54) is 37.9 Å². The van der Waals surface area contributed by atoms with Crippen molar-refractivity contribution in [3.63, 3.8) is 0 Å². The van der Waals surface area contributed by atoms with E-state index in [4.69, 9.17) is 0 Å². The Morgan fingerprint density at radius 2 is 2.00 bits per heavy atom. The monoisotopic (exact) mass is 216 g/mol. The van der Waals surface area contributed by atoms with Crippen LogP contribution in [-0.2, 0) is 19.4 Å². The Kier molecular flexibility index (Phi) is 2.60. The summed E-state index contributed by atoms with van der Waals surface area (Å²) >= 11 is 0. The highest BCUT2D eigenvalue weighted by Crippen LogP contribution is 2.36. The summed E-state index contributed by atoms with van der Waals surface area (Å²) in [4.78, 5) is 2.57. The van der Waals surface area contributed by atoms with E-state index in [1.54, 1.807) is 16.8 Å². The van der Waals surface area contributed by atoms with Crippen LogP contribution in [0.15, 0.2) is 12.1 Å². The van der Waals surface area contributed by atoms with Gasteiger partial charge in [0, 0.05) is 25.3 Å². The van der Waals surface area contributed by atoms with E-state index in [-0.39, 0.29) is 0 Å². The highest BCUT2D eigenvalue weighted by atomic mass is 15.2. The van der Waals surface area contributed by atoms with Gasteiger partial charge in [-0.05, 0) is 42.5 Å². The smallest absolute Gasteiger partial charge is 0.0432 e. The third-order valence-corrected chi connectivity index (χ3v) is 3.75. The second kappa shape index (κ2) is 4.10. The Morgan fingerprint density at radius 1 is 1.19 bits per heavy atom. The van der Waals surface area contributed by atoms with Crippen molar-refractivity contribution in [1.29, 1.82) is 0 Å². The lowest BCUT2D eigenvalue weighted by Gasteiger charge is -2.27. The van der Waals surface area contributed by atoms with Crippen molar-refractivity contribution < 1.29 is 0 Å². The molecule has 0 saturated heterocycles. The molecule has 2 aliphatic heterocycles. The van der Waals surface area contributed by atoms with Crippen molar-refractivity contribution in [1.82, 2.24) is 5.32 Å². The summed E-state index contributed by atoms with van der Waals surface area (Å²) in [6.45, 7) is 6.76. The number of anilines is 1. The van der Waals surface area contributed by atoms with E-state index in [0.717, 1.165) is 13.1 Å². The molecule has 0 spiro atoms. The number of hydrogen-bond donors (Lipinski definition) is 1. The minimum Gasteiger partial charge on any atom is -0.371 e. The van der Waals surface area contributed by atoms with Crippen molar-refractivity contribution in [3.8, 4) is 0 Å². The van der Waals surface area contributed by atoms with Gasteiger partial charge in [-0.15, -0.1) is 0 Å². The summed E-state index contributed by atoms with van der Waals surface area (Å²) in [5.41, 5.74) is 6.23. The zero-order valence-electron chi connectivity index (χ0n) is 10.1. The van der Waals surface area contributed by atoms with Crippen LogP contribution >= 0.6 is 0 Å². The average Bonchev–Trinajstić information content (AvgIpc) is 2.72. The van der Waals surface area contributed by atoms with Crippen molar-refractivity contribution in [2.75, 3.05) is 24.5 Å². The van der Waals surface area contributed by atoms with E-state index >= 15 is 0 Å². The molecule has 0 saturated carbocycles. The number of rotatable bonds is 3. The molecule has 86 valence electrons. The lowest BCUT2D eigenvalue weighted by atomic mass is 9.97. The fourth-order valence-electron chi connectivity index (χ4n) is 3.04. The van der Waals surface area contributed by atoms with Crippen LogP contribution in [0.4, 0.5) is 5.69 Å². The van der Waals surface area contributed by atoms with E-state index in [2.05, 4.69) is 29.3 Å². The van der Waals surface area contributed by atoms with Gasteiger partial charge in [-0.2, -0.15) is 0 Å². The van der Waals surface area contributed by atoms with Gasteiger partial charge in [-0.25, -0.2) is 0 Å². The van der Waals surface area contributed by atoms with E-state index in [0.29, 0.717) is 0 Å². The largest absolute Gasteiger partial charge is 0.371 e. The maximum atomic E-state index is 3.42. The van der Waals surface area contributed by atoms with Gasteiger partial charge in [-0.1, -0.05) is 19.1 Å². The van der Waals surface area contributed by atoms with E-state index in [9.17, 15) is 0 Å². The van der Waals surface area contributed by atoms with Gasteiger partial charge in [-0.3, -0.25) is 0 Å². The summed E-state index contributed by atoms with van der Waals surface area (Å²) in [6, 6.07) is 4.83. The van der Waals surface area contributed by atoms with E-state index in [1.807, 2.05) is 0 Å². The van der Waals surface area contributed by atoms with Crippen LogP contribution in [0.25, 0.3) is 0 Å². The molecular weight excluding hydrogens is 196 g/mol. The van der Waals surface area contributed by atoms with Gasteiger partial charge >= 0.3 is 0 Å². The lowest BCUT2D eigenvalue weighted by Crippen LogP contribution is -2.26. The summed E-state index contributed by atoms with van der Waals surface area (Å²) in [5, 5.41) is 3.42. The first-order valence-corrected chi connectivity index (χ1v) is 6.49. The third-order valence-electron chi connectivity index (χ3n) is 3.75. The van der Waals surface area contributed by atoms with Crippen LogP contribution in [0.5, 0.6) is 0 Å². The molecule has 0 bridgehead atoms. The number of aryl methyl sites for hydroxylation is 1. The van der Waals surface area contributed by atoms with Gasteiger partial charge in [0.2, 0.25) is 0 Å². The first kappa shape index (κ1) is 10.2. The van der Waals surface area contributed by atoms with Gasteiger partial charge in [0.1, 0.15) is 0 Å².